The summed E-state index contributed by atoms with van der Waals surface area (Å²) in [5, 5.41) is 0. The fourth-order valence-corrected chi connectivity index (χ4v) is 4.40. The van der Waals surface area contributed by atoms with Gasteiger partial charge in [0.25, 0.3) is 15.9 Å². The largest absolute Gasteiger partial charge is 0.497 e. The predicted molar refractivity (Wildman–Crippen MR) is 109 cm³/mol. The van der Waals surface area contributed by atoms with Gasteiger partial charge in [0.2, 0.25) is 0 Å². The van der Waals surface area contributed by atoms with E-state index in [1.165, 1.54) is 12.1 Å². The zero-order valence-corrected chi connectivity index (χ0v) is 17.1. The molecule has 1 saturated heterocycles. The lowest BCUT2D eigenvalue weighted by Gasteiger charge is -2.21. The van der Waals surface area contributed by atoms with Crippen LogP contribution in [0.15, 0.2) is 47.4 Å². The molecule has 0 aliphatic carbocycles. The van der Waals surface area contributed by atoms with Crippen molar-refractivity contribution in [2.45, 2.75) is 37.5 Å². The summed E-state index contributed by atoms with van der Waals surface area (Å²) < 4.78 is 33.3. The standard InChI is InChI=1S/C21H26N2O4S/c1-16-7-12-19(15-20(16)21(24)23-13-5-3-4-6-14-23)28(25,26)22-17-8-10-18(27-2)11-9-17/h7-12,15,22H,3-6,13-14H2,1-2H3. The quantitative estimate of drug-likeness (QED) is 0.825. The van der Waals surface area contributed by atoms with Gasteiger partial charge in [-0.3, -0.25) is 9.52 Å². The van der Waals surface area contributed by atoms with Gasteiger partial charge in [-0.2, -0.15) is 0 Å². The van der Waals surface area contributed by atoms with Crippen LogP contribution < -0.4 is 9.46 Å². The predicted octanol–water partition coefficient (Wildman–Crippen LogP) is 3.82. The molecule has 2 aromatic carbocycles. The number of likely N-dealkylation sites (tertiary alicyclic amines) is 1. The number of sulfonamides is 1. The molecule has 1 aliphatic heterocycles. The van der Waals surface area contributed by atoms with Crippen LogP contribution in [0.1, 0.15) is 41.6 Å². The molecule has 0 spiro atoms. The third-order valence-electron chi connectivity index (χ3n) is 4.99. The summed E-state index contributed by atoms with van der Waals surface area (Å²) in [6.45, 7) is 3.27. The minimum atomic E-state index is -3.81. The van der Waals surface area contributed by atoms with Gasteiger partial charge in [-0.1, -0.05) is 18.9 Å². The second-order valence-electron chi connectivity index (χ2n) is 7.02. The van der Waals surface area contributed by atoms with E-state index in [1.807, 2.05) is 11.8 Å². The van der Waals surface area contributed by atoms with Crippen molar-refractivity contribution >= 4 is 21.6 Å². The second kappa shape index (κ2) is 8.65. The number of carbonyl (C=O) groups excluding carboxylic acids is 1. The first-order valence-corrected chi connectivity index (χ1v) is 11.0. The molecule has 0 unspecified atom stereocenters. The number of amides is 1. The number of benzene rings is 2. The highest BCUT2D eigenvalue weighted by Crippen LogP contribution is 2.23. The van der Waals surface area contributed by atoms with Gasteiger partial charge in [-0.15, -0.1) is 0 Å². The number of hydrogen-bond acceptors (Lipinski definition) is 4. The molecular weight excluding hydrogens is 376 g/mol. The molecule has 0 atom stereocenters. The lowest BCUT2D eigenvalue weighted by molar-refractivity contribution is 0.0760. The Kier molecular flexibility index (Phi) is 6.24. The van der Waals surface area contributed by atoms with Crippen LogP contribution in [0.3, 0.4) is 0 Å². The van der Waals surface area contributed by atoms with Crippen molar-refractivity contribution in [1.29, 1.82) is 0 Å². The number of methoxy groups -OCH3 is 1. The second-order valence-corrected chi connectivity index (χ2v) is 8.70. The molecular formula is C21H26N2O4S. The van der Waals surface area contributed by atoms with Crippen LogP contribution in [-0.2, 0) is 10.0 Å². The van der Waals surface area contributed by atoms with E-state index in [0.717, 1.165) is 44.3 Å². The summed E-state index contributed by atoms with van der Waals surface area (Å²) in [5.74, 6) is 0.546. The maximum absolute atomic E-state index is 13.0. The average molecular weight is 403 g/mol. The highest BCUT2D eigenvalue weighted by Gasteiger charge is 2.22. The minimum Gasteiger partial charge on any atom is -0.497 e. The van der Waals surface area contributed by atoms with Gasteiger partial charge in [0.05, 0.1) is 12.0 Å². The number of ether oxygens (including phenoxy) is 1. The molecule has 150 valence electrons. The lowest BCUT2D eigenvalue weighted by atomic mass is 10.1. The first-order valence-electron chi connectivity index (χ1n) is 9.47. The maximum atomic E-state index is 13.0. The van der Waals surface area contributed by atoms with Crippen LogP contribution in [0, 0.1) is 6.92 Å². The monoisotopic (exact) mass is 402 g/mol. The smallest absolute Gasteiger partial charge is 0.261 e. The summed E-state index contributed by atoms with van der Waals surface area (Å²) in [6, 6.07) is 11.3. The molecule has 0 saturated carbocycles. The third kappa shape index (κ3) is 4.65. The normalized spacial score (nSPS) is 15.0. The van der Waals surface area contributed by atoms with E-state index >= 15 is 0 Å². The SMILES string of the molecule is COc1ccc(NS(=O)(=O)c2ccc(C)c(C(=O)N3CCCCCC3)c2)cc1. The molecule has 1 amide bonds. The van der Waals surface area contributed by atoms with Crippen LogP contribution >= 0.6 is 0 Å². The first kappa shape index (κ1) is 20.2. The van der Waals surface area contributed by atoms with Gasteiger partial charge in [-0.25, -0.2) is 8.42 Å². The van der Waals surface area contributed by atoms with Gasteiger partial charge < -0.3 is 9.64 Å². The van der Waals surface area contributed by atoms with Gasteiger partial charge >= 0.3 is 0 Å². The Morgan fingerprint density at radius 3 is 2.25 bits per heavy atom. The van der Waals surface area contributed by atoms with E-state index in [0.29, 0.717) is 17.0 Å². The lowest BCUT2D eigenvalue weighted by Crippen LogP contribution is -2.32. The van der Waals surface area contributed by atoms with Crippen molar-refractivity contribution in [3.05, 3.63) is 53.6 Å². The van der Waals surface area contributed by atoms with Gasteiger partial charge in [0, 0.05) is 24.3 Å². The van der Waals surface area contributed by atoms with Crippen molar-refractivity contribution in [3.63, 3.8) is 0 Å². The van der Waals surface area contributed by atoms with Crippen molar-refractivity contribution in [1.82, 2.24) is 4.90 Å². The Morgan fingerprint density at radius 2 is 1.64 bits per heavy atom. The van der Waals surface area contributed by atoms with Gasteiger partial charge in [-0.05, 0) is 61.7 Å². The highest BCUT2D eigenvalue weighted by molar-refractivity contribution is 7.92. The number of hydrogen-bond donors (Lipinski definition) is 1. The van der Waals surface area contributed by atoms with E-state index in [4.69, 9.17) is 4.74 Å². The molecule has 3 rings (SSSR count). The Bertz CT molecular complexity index is 931. The third-order valence-corrected chi connectivity index (χ3v) is 6.36. The zero-order valence-electron chi connectivity index (χ0n) is 16.3. The molecule has 1 heterocycles. The summed E-state index contributed by atoms with van der Waals surface area (Å²) in [5.41, 5.74) is 1.65. The van der Waals surface area contributed by atoms with Crippen molar-refractivity contribution in [2.24, 2.45) is 0 Å². The summed E-state index contributed by atoms with van der Waals surface area (Å²) in [7, 11) is -2.26. The first-order chi connectivity index (χ1) is 13.4. The Morgan fingerprint density at radius 1 is 1.00 bits per heavy atom. The molecule has 7 heteroatoms. The van der Waals surface area contributed by atoms with E-state index in [2.05, 4.69) is 4.72 Å². The Hall–Kier alpha value is -2.54. The number of nitrogens with one attached hydrogen (secondary N) is 1. The van der Waals surface area contributed by atoms with Crippen molar-refractivity contribution in [3.8, 4) is 5.75 Å². The molecule has 1 N–H and O–H groups in total. The Labute approximate surface area is 166 Å². The van der Waals surface area contributed by atoms with E-state index < -0.39 is 10.0 Å². The average Bonchev–Trinajstić information content (AvgIpc) is 2.97. The summed E-state index contributed by atoms with van der Waals surface area (Å²) >= 11 is 0. The minimum absolute atomic E-state index is 0.0760. The number of aryl methyl sites for hydroxylation is 1. The summed E-state index contributed by atoms with van der Waals surface area (Å²) in [4.78, 5) is 14.9. The molecule has 2 aromatic rings. The number of nitrogens with zero attached hydrogens (tertiary/aromatic N) is 1. The van der Waals surface area contributed by atoms with Crippen molar-refractivity contribution in [2.75, 3.05) is 24.9 Å². The van der Waals surface area contributed by atoms with Crippen LogP contribution in [0.2, 0.25) is 0 Å². The van der Waals surface area contributed by atoms with E-state index in [9.17, 15) is 13.2 Å². The zero-order chi connectivity index (χ0) is 20.1. The van der Waals surface area contributed by atoms with Crippen LogP contribution in [0.25, 0.3) is 0 Å². The number of anilines is 1. The molecule has 6 nitrogen and oxygen atoms in total. The van der Waals surface area contributed by atoms with Gasteiger partial charge in [0.1, 0.15) is 5.75 Å². The number of carbonyl (C=O) groups is 1. The van der Waals surface area contributed by atoms with Gasteiger partial charge in [0.15, 0.2) is 0 Å². The van der Waals surface area contributed by atoms with Crippen molar-refractivity contribution < 1.29 is 17.9 Å². The number of rotatable bonds is 5. The topological polar surface area (TPSA) is 75.7 Å². The van der Waals surface area contributed by atoms with Crippen LogP contribution in [-0.4, -0.2) is 39.4 Å². The summed E-state index contributed by atoms with van der Waals surface area (Å²) in [6.07, 6.45) is 4.23. The molecule has 1 aliphatic rings. The fourth-order valence-electron chi connectivity index (χ4n) is 3.32. The molecule has 0 radical (unpaired) electrons. The maximum Gasteiger partial charge on any atom is 0.261 e. The highest BCUT2D eigenvalue weighted by atomic mass is 32.2. The Balaban J connectivity index is 1.85. The van der Waals surface area contributed by atoms with Crippen LogP contribution in [0.5, 0.6) is 5.75 Å². The molecule has 1 fully saturated rings. The molecule has 0 aromatic heterocycles. The van der Waals surface area contributed by atoms with E-state index in [1.54, 1.807) is 37.4 Å². The van der Waals surface area contributed by atoms with E-state index in [-0.39, 0.29) is 10.8 Å². The molecule has 0 bridgehead atoms. The fraction of sp³-hybridized carbons (Fsp3) is 0.381. The van der Waals surface area contributed by atoms with Crippen LogP contribution in [0.4, 0.5) is 5.69 Å². The molecule has 28 heavy (non-hydrogen) atoms.